The first kappa shape index (κ1) is 13.2. The standard InChI is InChI=1S/C13H16ClNO3/c1-13(2,3)18-12(17)15-10-6-4-5-9(14)8(10)7-11(15)16/h4-6,11,16H,7H2,1-3H3. The third kappa shape index (κ3) is 2.44. The van der Waals surface area contributed by atoms with Crippen molar-refractivity contribution in [1.82, 2.24) is 0 Å². The molecule has 1 unspecified atom stereocenters. The average Bonchev–Trinajstić information content (AvgIpc) is 2.53. The van der Waals surface area contributed by atoms with Crippen LogP contribution >= 0.6 is 11.6 Å². The molecule has 0 aromatic heterocycles. The van der Waals surface area contributed by atoms with Crippen LogP contribution in [0.5, 0.6) is 0 Å². The van der Waals surface area contributed by atoms with E-state index in [1.165, 1.54) is 4.90 Å². The molecular formula is C13H16ClNO3. The SMILES string of the molecule is CC(C)(C)OC(=O)N1c2cccc(Cl)c2CC1O. The Hall–Kier alpha value is -1.26. The first-order valence-corrected chi connectivity index (χ1v) is 6.15. The first-order valence-electron chi connectivity index (χ1n) is 5.77. The lowest BCUT2D eigenvalue weighted by atomic mass is 10.1. The van der Waals surface area contributed by atoms with Gasteiger partial charge in [0.05, 0.1) is 5.69 Å². The summed E-state index contributed by atoms with van der Waals surface area (Å²) in [5.41, 5.74) is 0.791. The van der Waals surface area contributed by atoms with Crippen molar-refractivity contribution in [3.8, 4) is 0 Å². The second-order valence-electron chi connectivity index (χ2n) is 5.27. The summed E-state index contributed by atoms with van der Waals surface area (Å²) in [7, 11) is 0. The molecule has 0 bridgehead atoms. The Bertz CT molecular complexity index is 482. The number of ether oxygens (including phenoxy) is 1. The molecule has 0 fully saturated rings. The number of fused-ring (bicyclic) bond motifs is 1. The summed E-state index contributed by atoms with van der Waals surface area (Å²) in [6, 6.07) is 5.24. The molecule has 0 spiro atoms. The van der Waals surface area contributed by atoms with Gasteiger partial charge in [-0.2, -0.15) is 0 Å². The van der Waals surface area contributed by atoms with E-state index in [1.807, 2.05) is 0 Å². The molecular weight excluding hydrogens is 254 g/mol. The van der Waals surface area contributed by atoms with E-state index in [0.717, 1.165) is 5.56 Å². The number of nitrogens with zero attached hydrogens (tertiary/aromatic N) is 1. The van der Waals surface area contributed by atoms with Crippen LogP contribution in [0.2, 0.25) is 5.02 Å². The van der Waals surface area contributed by atoms with Crippen molar-refractivity contribution in [2.45, 2.75) is 39.0 Å². The highest BCUT2D eigenvalue weighted by molar-refractivity contribution is 6.32. The third-order valence-electron chi connectivity index (χ3n) is 2.63. The van der Waals surface area contributed by atoms with Crippen molar-refractivity contribution in [2.75, 3.05) is 4.90 Å². The minimum absolute atomic E-state index is 0.328. The summed E-state index contributed by atoms with van der Waals surface area (Å²) in [6.07, 6.45) is -1.15. The minimum Gasteiger partial charge on any atom is -0.443 e. The van der Waals surface area contributed by atoms with Gasteiger partial charge >= 0.3 is 6.09 Å². The van der Waals surface area contributed by atoms with E-state index in [0.29, 0.717) is 17.1 Å². The van der Waals surface area contributed by atoms with Gasteiger partial charge in [-0.3, -0.25) is 4.90 Å². The highest BCUT2D eigenvalue weighted by Crippen LogP contribution is 2.36. The number of carbonyl (C=O) groups excluding carboxylic acids is 1. The molecule has 1 aliphatic heterocycles. The van der Waals surface area contributed by atoms with Crippen molar-refractivity contribution in [2.24, 2.45) is 0 Å². The van der Waals surface area contributed by atoms with Crippen molar-refractivity contribution < 1.29 is 14.6 Å². The van der Waals surface area contributed by atoms with Crippen molar-refractivity contribution in [3.63, 3.8) is 0 Å². The van der Waals surface area contributed by atoms with E-state index in [2.05, 4.69) is 0 Å². The van der Waals surface area contributed by atoms with E-state index in [-0.39, 0.29) is 0 Å². The number of anilines is 1. The number of hydrogen-bond acceptors (Lipinski definition) is 3. The second kappa shape index (κ2) is 4.44. The Kier molecular flexibility index (Phi) is 3.25. The summed E-state index contributed by atoms with van der Waals surface area (Å²) < 4.78 is 5.27. The largest absolute Gasteiger partial charge is 0.443 e. The van der Waals surface area contributed by atoms with Gasteiger partial charge in [0, 0.05) is 11.4 Å². The molecule has 98 valence electrons. The van der Waals surface area contributed by atoms with Crippen molar-refractivity contribution in [1.29, 1.82) is 0 Å². The van der Waals surface area contributed by atoms with Crippen LogP contribution in [0.25, 0.3) is 0 Å². The monoisotopic (exact) mass is 269 g/mol. The zero-order chi connectivity index (χ0) is 13.5. The summed E-state index contributed by atoms with van der Waals surface area (Å²) in [5.74, 6) is 0. The molecule has 1 atom stereocenters. The summed E-state index contributed by atoms with van der Waals surface area (Å²) in [4.78, 5) is 13.3. The Morgan fingerprint density at radius 3 is 2.78 bits per heavy atom. The molecule has 1 heterocycles. The number of benzene rings is 1. The first-order chi connectivity index (χ1) is 8.29. The van der Waals surface area contributed by atoms with Crippen LogP contribution in [0.4, 0.5) is 10.5 Å². The second-order valence-corrected chi connectivity index (χ2v) is 5.68. The predicted molar refractivity (Wildman–Crippen MR) is 69.9 cm³/mol. The van der Waals surface area contributed by atoms with Gasteiger partial charge in [0.25, 0.3) is 0 Å². The van der Waals surface area contributed by atoms with Gasteiger partial charge in [0.15, 0.2) is 0 Å². The fourth-order valence-electron chi connectivity index (χ4n) is 1.94. The molecule has 1 aliphatic rings. The molecule has 18 heavy (non-hydrogen) atoms. The lowest BCUT2D eigenvalue weighted by molar-refractivity contribution is 0.0490. The topological polar surface area (TPSA) is 49.8 Å². The van der Waals surface area contributed by atoms with Crippen LogP contribution in [0.1, 0.15) is 26.3 Å². The molecule has 0 aliphatic carbocycles. The summed E-state index contributed by atoms with van der Waals surface area (Å²) in [5, 5.41) is 10.5. The number of hydrogen-bond donors (Lipinski definition) is 1. The lowest BCUT2D eigenvalue weighted by Gasteiger charge is -2.26. The summed E-state index contributed by atoms with van der Waals surface area (Å²) in [6.45, 7) is 5.35. The molecule has 0 saturated carbocycles. The van der Waals surface area contributed by atoms with Crippen LogP contribution in [0.3, 0.4) is 0 Å². The van der Waals surface area contributed by atoms with Crippen molar-refractivity contribution in [3.05, 3.63) is 28.8 Å². The Morgan fingerprint density at radius 1 is 1.50 bits per heavy atom. The molecule has 2 rings (SSSR count). The van der Waals surface area contributed by atoms with Crippen LogP contribution in [-0.4, -0.2) is 23.0 Å². The van der Waals surface area contributed by atoms with Crippen LogP contribution < -0.4 is 4.90 Å². The van der Waals surface area contributed by atoms with Gasteiger partial charge in [0.2, 0.25) is 0 Å². The van der Waals surface area contributed by atoms with E-state index in [9.17, 15) is 9.90 Å². The summed E-state index contributed by atoms with van der Waals surface area (Å²) >= 11 is 6.05. The highest BCUT2D eigenvalue weighted by atomic mass is 35.5. The number of halogens is 1. The van der Waals surface area contributed by atoms with Gasteiger partial charge in [-0.15, -0.1) is 0 Å². The van der Waals surface area contributed by atoms with Gasteiger partial charge in [-0.1, -0.05) is 17.7 Å². The number of rotatable bonds is 0. The molecule has 0 saturated heterocycles. The normalized spacial score (nSPS) is 18.7. The average molecular weight is 270 g/mol. The van der Waals surface area contributed by atoms with Crippen molar-refractivity contribution >= 4 is 23.4 Å². The van der Waals surface area contributed by atoms with E-state index < -0.39 is 17.9 Å². The van der Waals surface area contributed by atoms with Crippen LogP contribution in [-0.2, 0) is 11.2 Å². The van der Waals surface area contributed by atoms with Crippen LogP contribution in [0, 0.1) is 0 Å². The number of aliphatic hydroxyl groups excluding tert-OH is 1. The van der Waals surface area contributed by atoms with Gasteiger partial charge < -0.3 is 9.84 Å². The molecule has 1 aromatic carbocycles. The molecule has 1 aromatic rings. The zero-order valence-electron chi connectivity index (χ0n) is 10.6. The maximum Gasteiger partial charge on any atom is 0.416 e. The molecule has 0 radical (unpaired) electrons. The fraction of sp³-hybridized carbons (Fsp3) is 0.462. The van der Waals surface area contributed by atoms with Gasteiger partial charge in [0.1, 0.15) is 11.8 Å². The highest BCUT2D eigenvalue weighted by Gasteiger charge is 2.36. The molecule has 5 heteroatoms. The Labute approximate surface area is 111 Å². The van der Waals surface area contributed by atoms with E-state index >= 15 is 0 Å². The quantitative estimate of drug-likeness (QED) is 0.788. The van der Waals surface area contributed by atoms with E-state index in [1.54, 1.807) is 39.0 Å². The van der Waals surface area contributed by atoms with Crippen LogP contribution in [0.15, 0.2) is 18.2 Å². The molecule has 1 amide bonds. The maximum absolute atomic E-state index is 12.0. The lowest BCUT2D eigenvalue weighted by Crippen LogP contribution is -2.41. The molecule has 4 nitrogen and oxygen atoms in total. The maximum atomic E-state index is 12.0. The number of aliphatic hydroxyl groups is 1. The van der Waals surface area contributed by atoms with Gasteiger partial charge in [-0.25, -0.2) is 4.79 Å². The third-order valence-corrected chi connectivity index (χ3v) is 2.98. The number of carbonyl (C=O) groups is 1. The predicted octanol–water partition coefficient (Wildman–Crippen LogP) is 2.96. The van der Waals surface area contributed by atoms with E-state index in [4.69, 9.17) is 16.3 Å². The molecule has 1 N–H and O–H groups in total. The fourth-order valence-corrected chi connectivity index (χ4v) is 2.19. The van der Waals surface area contributed by atoms with Gasteiger partial charge in [-0.05, 0) is 38.5 Å². The smallest absolute Gasteiger partial charge is 0.416 e. The minimum atomic E-state index is -0.922. The Balaban J connectivity index is 2.31. The zero-order valence-corrected chi connectivity index (χ0v) is 11.4. The Morgan fingerprint density at radius 2 is 2.17 bits per heavy atom. The number of amides is 1.